The maximum absolute atomic E-state index is 11.8. The van der Waals surface area contributed by atoms with Crippen molar-refractivity contribution in [2.24, 2.45) is 0 Å². The van der Waals surface area contributed by atoms with E-state index < -0.39 is 5.76 Å². The highest BCUT2D eigenvalue weighted by Crippen LogP contribution is 2.35. The van der Waals surface area contributed by atoms with E-state index in [2.05, 4.69) is 15.0 Å². The Morgan fingerprint density at radius 3 is 2.54 bits per heavy atom. The van der Waals surface area contributed by atoms with E-state index in [1.54, 1.807) is 0 Å². The summed E-state index contributed by atoms with van der Waals surface area (Å²) in [4.78, 5) is 23.4. The maximum atomic E-state index is 11.8. The van der Waals surface area contributed by atoms with Gasteiger partial charge in [-0.1, -0.05) is 24.3 Å². The predicted octanol–water partition coefficient (Wildman–Crippen LogP) is 4.05. The van der Waals surface area contributed by atoms with Gasteiger partial charge in [0.15, 0.2) is 5.58 Å². The fourth-order valence-corrected chi connectivity index (χ4v) is 3.54. The van der Waals surface area contributed by atoms with Gasteiger partial charge >= 0.3 is 5.76 Å². The lowest BCUT2D eigenvalue weighted by Gasteiger charge is -1.92. The van der Waals surface area contributed by atoms with Crippen molar-refractivity contribution in [2.75, 3.05) is 0 Å². The zero-order valence-electron chi connectivity index (χ0n) is 12.1. The molecule has 0 fully saturated rings. The summed E-state index contributed by atoms with van der Waals surface area (Å²) in [6.45, 7) is 0. The molecular formula is C17H9N3O3S. The van der Waals surface area contributed by atoms with Crippen molar-refractivity contribution in [2.45, 2.75) is 0 Å². The summed E-state index contributed by atoms with van der Waals surface area (Å²) in [6, 6.07) is 15.2. The Morgan fingerprint density at radius 1 is 0.917 bits per heavy atom. The van der Waals surface area contributed by atoms with Gasteiger partial charge in [-0.15, -0.1) is 11.3 Å². The third kappa shape index (κ3) is 1.99. The van der Waals surface area contributed by atoms with Crippen LogP contribution < -0.4 is 5.76 Å². The van der Waals surface area contributed by atoms with Crippen LogP contribution in [0.5, 0.6) is 0 Å². The molecular weight excluding hydrogens is 326 g/mol. The minimum absolute atomic E-state index is 0.254. The smallest absolute Gasteiger partial charge is 0.417 e. The highest BCUT2D eigenvalue weighted by atomic mass is 32.1. The summed E-state index contributed by atoms with van der Waals surface area (Å²) >= 11 is 1.47. The number of nitrogens with one attached hydrogen (secondary N) is 1. The molecule has 7 heteroatoms. The average molecular weight is 335 g/mol. The van der Waals surface area contributed by atoms with E-state index in [1.807, 2.05) is 48.5 Å². The number of rotatable bonds is 2. The van der Waals surface area contributed by atoms with Gasteiger partial charge in [-0.3, -0.25) is 4.98 Å². The summed E-state index contributed by atoms with van der Waals surface area (Å²) in [7, 11) is 0. The van der Waals surface area contributed by atoms with E-state index in [9.17, 15) is 4.79 Å². The Kier molecular flexibility index (Phi) is 2.71. The molecule has 0 saturated carbocycles. The number of oxazole rings is 2. The Hall–Kier alpha value is -3.19. The third-order valence-corrected chi connectivity index (χ3v) is 4.70. The Labute approximate surface area is 138 Å². The number of thiazole rings is 1. The van der Waals surface area contributed by atoms with Crippen LogP contribution in [-0.2, 0) is 0 Å². The molecule has 1 N–H and O–H groups in total. The van der Waals surface area contributed by atoms with Crippen LogP contribution in [0.3, 0.4) is 0 Å². The number of fused-ring (bicyclic) bond motifs is 2. The molecule has 2 aromatic carbocycles. The van der Waals surface area contributed by atoms with Gasteiger partial charge in [-0.25, -0.2) is 14.8 Å². The summed E-state index contributed by atoms with van der Waals surface area (Å²) < 4.78 is 12.0. The molecule has 0 saturated heterocycles. The number of hydrogen-bond donors (Lipinski definition) is 1. The first-order valence-corrected chi connectivity index (χ1v) is 8.04. The number of aromatic nitrogens is 3. The van der Waals surface area contributed by atoms with Gasteiger partial charge in [-0.2, -0.15) is 0 Å². The van der Waals surface area contributed by atoms with E-state index in [1.165, 1.54) is 11.3 Å². The molecule has 5 rings (SSSR count). The summed E-state index contributed by atoms with van der Waals surface area (Å²) in [5.74, 6) is -0.0550. The number of aromatic amines is 1. The van der Waals surface area contributed by atoms with Crippen LogP contribution in [0.4, 0.5) is 0 Å². The molecule has 5 aromatic rings. The lowest BCUT2D eigenvalue weighted by Crippen LogP contribution is -1.94. The van der Waals surface area contributed by atoms with Crippen LogP contribution >= 0.6 is 11.3 Å². The first kappa shape index (κ1) is 13.3. The van der Waals surface area contributed by atoms with E-state index in [0.29, 0.717) is 21.8 Å². The monoisotopic (exact) mass is 335 g/mol. The molecule has 0 amide bonds. The van der Waals surface area contributed by atoms with Crippen molar-refractivity contribution < 1.29 is 8.83 Å². The van der Waals surface area contributed by atoms with Crippen LogP contribution in [0.25, 0.3) is 43.7 Å². The predicted molar refractivity (Wildman–Crippen MR) is 90.9 cm³/mol. The minimum Gasteiger partial charge on any atom is -0.434 e. The fourth-order valence-electron chi connectivity index (χ4n) is 2.58. The Balaban J connectivity index is 1.74. The molecule has 24 heavy (non-hydrogen) atoms. The molecule has 0 bridgehead atoms. The molecule has 0 aliphatic heterocycles. The van der Waals surface area contributed by atoms with Gasteiger partial charge in [-0.05, 0) is 24.3 Å². The second-order valence-corrected chi connectivity index (χ2v) is 6.22. The van der Waals surface area contributed by atoms with E-state index in [0.717, 1.165) is 10.2 Å². The number of para-hydroxylation sites is 3. The largest absolute Gasteiger partial charge is 0.434 e. The minimum atomic E-state index is -0.568. The van der Waals surface area contributed by atoms with Crippen LogP contribution in [0.15, 0.2) is 62.2 Å². The molecule has 0 aliphatic rings. The maximum Gasteiger partial charge on any atom is 0.417 e. The van der Waals surface area contributed by atoms with Crippen molar-refractivity contribution >= 4 is 32.7 Å². The molecule has 0 aliphatic carbocycles. The first-order valence-electron chi connectivity index (χ1n) is 7.23. The van der Waals surface area contributed by atoms with Crippen molar-refractivity contribution in [3.8, 4) is 22.4 Å². The SMILES string of the molecule is O=c1[nH]c(-c2nc3ccccc3s2)c(-c2nc3ccccc3o2)o1. The van der Waals surface area contributed by atoms with E-state index in [-0.39, 0.29) is 11.7 Å². The third-order valence-electron chi connectivity index (χ3n) is 3.64. The van der Waals surface area contributed by atoms with Crippen molar-refractivity contribution in [1.29, 1.82) is 0 Å². The van der Waals surface area contributed by atoms with Crippen LogP contribution in [-0.4, -0.2) is 15.0 Å². The second-order valence-electron chi connectivity index (χ2n) is 5.19. The molecule has 0 unspecified atom stereocenters. The zero-order chi connectivity index (χ0) is 16.1. The highest BCUT2D eigenvalue weighted by molar-refractivity contribution is 7.21. The number of benzene rings is 2. The number of nitrogens with zero attached hydrogens (tertiary/aromatic N) is 2. The fraction of sp³-hybridized carbons (Fsp3) is 0. The topological polar surface area (TPSA) is 84.9 Å². The molecule has 0 radical (unpaired) electrons. The van der Waals surface area contributed by atoms with Crippen molar-refractivity contribution in [1.82, 2.24) is 15.0 Å². The van der Waals surface area contributed by atoms with Crippen molar-refractivity contribution in [3.63, 3.8) is 0 Å². The van der Waals surface area contributed by atoms with Crippen LogP contribution in [0, 0.1) is 0 Å². The highest BCUT2D eigenvalue weighted by Gasteiger charge is 2.22. The van der Waals surface area contributed by atoms with E-state index >= 15 is 0 Å². The van der Waals surface area contributed by atoms with Crippen LogP contribution in [0.1, 0.15) is 0 Å². The van der Waals surface area contributed by atoms with Gasteiger partial charge < -0.3 is 8.83 Å². The molecule has 3 heterocycles. The average Bonchev–Trinajstić information content (AvgIpc) is 3.29. The summed E-state index contributed by atoms with van der Waals surface area (Å²) in [5, 5.41) is 0.652. The lowest BCUT2D eigenvalue weighted by atomic mass is 10.3. The molecule has 116 valence electrons. The Morgan fingerprint density at radius 2 is 1.71 bits per heavy atom. The van der Waals surface area contributed by atoms with Crippen LogP contribution in [0.2, 0.25) is 0 Å². The second kappa shape index (κ2) is 4.90. The van der Waals surface area contributed by atoms with Gasteiger partial charge in [0.2, 0.25) is 5.76 Å². The summed E-state index contributed by atoms with van der Waals surface area (Å²) in [6.07, 6.45) is 0. The number of H-pyrrole nitrogens is 1. The van der Waals surface area contributed by atoms with Gasteiger partial charge in [0.05, 0.1) is 10.2 Å². The van der Waals surface area contributed by atoms with Gasteiger partial charge in [0.1, 0.15) is 16.2 Å². The quantitative estimate of drug-likeness (QED) is 0.526. The molecule has 6 nitrogen and oxygen atoms in total. The normalized spacial score (nSPS) is 11.5. The summed E-state index contributed by atoms with van der Waals surface area (Å²) in [5.41, 5.74) is 2.68. The van der Waals surface area contributed by atoms with Crippen molar-refractivity contribution in [3.05, 3.63) is 59.1 Å². The number of hydrogen-bond acceptors (Lipinski definition) is 6. The van der Waals surface area contributed by atoms with E-state index in [4.69, 9.17) is 8.83 Å². The van der Waals surface area contributed by atoms with Gasteiger partial charge in [0.25, 0.3) is 5.89 Å². The molecule has 3 aromatic heterocycles. The lowest BCUT2D eigenvalue weighted by molar-refractivity contribution is 0.500. The molecule has 0 spiro atoms. The Bertz CT molecular complexity index is 1080. The first-order chi connectivity index (χ1) is 11.8. The standard InChI is InChI=1S/C17H9N3O3S/c21-17-20-13(16-19-10-6-2-4-8-12(10)24-16)14(23-17)15-18-9-5-1-3-7-11(9)22-15/h1-8H,(H,20,21). The van der Waals surface area contributed by atoms with Gasteiger partial charge in [0, 0.05) is 0 Å². The molecule has 0 atom stereocenters. The zero-order valence-corrected chi connectivity index (χ0v) is 13.0.